The second kappa shape index (κ2) is 7.90. The van der Waals surface area contributed by atoms with Gasteiger partial charge in [0.15, 0.2) is 0 Å². The van der Waals surface area contributed by atoms with Crippen molar-refractivity contribution in [3.8, 4) is 0 Å². The Bertz CT molecular complexity index is 219. The van der Waals surface area contributed by atoms with E-state index in [0.717, 1.165) is 38.8 Å². The summed E-state index contributed by atoms with van der Waals surface area (Å²) in [7, 11) is 0. The summed E-state index contributed by atoms with van der Waals surface area (Å²) in [6.45, 7) is 7.29. The number of Topliss-reactive ketones (excluding diaryl/α,β-unsaturated/α-hetero) is 1. The van der Waals surface area contributed by atoms with Crippen LogP contribution in [0.1, 0.15) is 51.4 Å². The Morgan fingerprint density at radius 2 is 1.11 bits per heavy atom. The molecule has 0 radical (unpaired) electrons. The molecule has 0 spiro atoms. The van der Waals surface area contributed by atoms with Gasteiger partial charge in [0.25, 0.3) is 0 Å². The maximum absolute atomic E-state index is 11.8. The van der Waals surface area contributed by atoms with Crippen LogP contribution in [0, 0.1) is 0 Å². The van der Waals surface area contributed by atoms with Crippen molar-refractivity contribution in [2.75, 3.05) is 39.3 Å². The number of hydrogen-bond donors (Lipinski definition) is 0. The minimum atomic E-state index is 0.480. The molecule has 2 saturated heterocycles. The Morgan fingerprint density at radius 1 is 0.722 bits per heavy atom. The Hall–Kier alpha value is -0.410. The minimum absolute atomic E-state index is 0.480. The van der Waals surface area contributed by atoms with Gasteiger partial charge in [0.1, 0.15) is 5.78 Å². The molecular formula is C15H28N2O. The predicted molar refractivity (Wildman–Crippen MR) is 74.8 cm³/mol. The average molecular weight is 252 g/mol. The second-order valence-corrected chi connectivity index (χ2v) is 5.84. The molecule has 104 valence electrons. The lowest BCUT2D eigenvalue weighted by molar-refractivity contribution is -0.119. The van der Waals surface area contributed by atoms with Gasteiger partial charge in [-0.1, -0.05) is 0 Å². The van der Waals surface area contributed by atoms with Crippen molar-refractivity contribution in [1.29, 1.82) is 0 Å². The molecule has 2 fully saturated rings. The largest absolute Gasteiger partial charge is 0.303 e. The van der Waals surface area contributed by atoms with Gasteiger partial charge in [-0.05, 0) is 77.8 Å². The number of rotatable bonds is 8. The third-order valence-corrected chi connectivity index (χ3v) is 4.26. The Balaban J connectivity index is 1.44. The van der Waals surface area contributed by atoms with Gasteiger partial charge in [-0.2, -0.15) is 0 Å². The molecule has 2 rings (SSSR count). The highest BCUT2D eigenvalue weighted by atomic mass is 16.1. The second-order valence-electron chi connectivity index (χ2n) is 5.84. The van der Waals surface area contributed by atoms with Crippen LogP contribution < -0.4 is 0 Å². The fourth-order valence-corrected chi connectivity index (χ4v) is 3.14. The third-order valence-electron chi connectivity index (χ3n) is 4.26. The van der Waals surface area contributed by atoms with Gasteiger partial charge in [-0.3, -0.25) is 4.79 Å². The van der Waals surface area contributed by atoms with E-state index in [4.69, 9.17) is 0 Å². The third kappa shape index (κ3) is 5.07. The zero-order valence-corrected chi connectivity index (χ0v) is 11.7. The van der Waals surface area contributed by atoms with Crippen molar-refractivity contribution in [1.82, 2.24) is 9.80 Å². The molecule has 2 heterocycles. The van der Waals surface area contributed by atoms with Crippen molar-refractivity contribution >= 4 is 5.78 Å². The molecular weight excluding hydrogens is 224 g/mol. The van der Waals surface area contributed by atoms with Crippen LogP contribution in [-0.2, 0) is 4.79 Å². The highest BCUT2D eigenvalue weighted by Crippen LogP contribution is 2.11. The number of nitrogens with zero attached hydrogens (tertiary/aromatic N) is 2. The van der Waals surface area contributed by atoms with Crippen molar-refractivity contribution in [2.45, 2.75) is 51.4 Å². The summed E-state index contributed by atoms with van der Waals surface area (Å²) in [5.41, 5.74) is 0. The number of carbonyl (C=O) groups is 1. The van der Waals surface area contributed by atoms with Crippen LogP contribution in [-0.4, -0.2) is 54.9 Å². The Labute approximate surface area is 112 Å². The van der Waals surface area contributed by atoms with Crippen LogP contribution in [0.25, 0.3) is 0 Å². The molecule has 0 bridgehead atoms. The molecule has 3 nitrogen and oxygen atoms in total. The molecule has 0 aromatic heterocycles. The van der Waals surface area contributed by atoms with Crippen molar-refractivity contribution in [3.05, 3.63) is 0 Å². The smallest absolute Gasteiger partial charge is 0.133 e. The van der Waals surface area contributed by atoms with E-state index < -0.39 is 0 Å². The Kier molecular flexibility index (Phi) is 6.15. The lowest BCUT2D eigenvalue weighted by Crippen LogP contribution is -2.22. The van der Waals surface area contributed by atoms with Gasteiger partial charge in [-0.25, -0.2) is 0 Å². The number of ketones is 1. The summed E-state index contributed by atoms with van der Waals surface area (Å²) < 4.78 is 0. The topological polar surface area (TPSA) is 23.6 Å². The SMILES string of the molecule is O=C(CCCN1CCCC1)CCCN1CCCC1. The lowest BCUT2D eigenvalue weighted by atomic mass is 10.1. The maximum Gasteiger partial charge on any atom is 0.133 e. The molecule has 0 saturated carbocycles. The maximum atomic E-state index is 11.8. The first-order valence-corrected chi connectivity index (χ1v) is 7.81. The fraction of sp³-hybridized carbons (Fsp3) is 0.933. The first-order valence-electron chi connectivity index (χ1n) is 7.81. The molecule has 0 N–H and O–H groups in total. The summed E-state index contributed by atoms with van der Waals surface area (Å²) in [5.74, 6) is 0.480. The van der Waals surface area contributed by atoms with Gasteiger partial charge < -0.3 is 9.80 Å². The van der Waals surface area contributed by atoms with Crippen LogP contribution in [0.5, 0.6) is 0 Å². The first kappa shape index (κ1) is 14.0. The normalized spacial score (nSPS) is 21.8. The first-order chi connectivity index (χ1) is 8.84. The average Bonchev–Trinajstić information content (AvgIpc) is 3.01. The quantitative estimate of drug-likeness (QED) is 0.662. The lowest BCUT2D eigenvalue weighted by Gasteiger charge is -2.14. The highest BCUT2D eigenvalue weighted by molar-refractivity contribution is 5.78. The number of likely N-dealkylation sites (tertiary alicyclic amines) is 2. The van der Waals surface area contributed by atoms with Gasteiger partial charge in [0.2, 0.25) is 0 Å². The van der Waals surface area contributed by atoms with E-state index in [1.54, 1.807) is 0 Å². The van der Waals surface area contributed by atoms with E-state index in [1.165, 1.54) is 51.9 Å². The summed E-state index contributed by atoms with van der Waals surface area (Å²) >= 11 is 0. The molecule has 2 aliphatic rings. The zero-order chi connectivity index (χ0) is 12.6. The van der Waals surface area contributed by atoms with Crippen molar-refractivity contribution in [2.24, 2.45) is 0 Å². The molecule has 0 unspecified atom stereocenters. The van der Waals surface area contributed by atoms with E-state index >= 15 is 0 Å². The van der Waals surface area contributed by atoms with Crippen LogP contribution in [0.3, 0.4) is 0 Å². The summed E-state index contributed by atoms with van der Waals surface area (Å²) in [5, 5.41) is 0. The van der Waals surface area contributed by atoms with Gasteiger partial charge in [0.05, 0.1) is 0 Å². The zero-order valence-electron chi connectivity index (χ0n) is 11.7. The van der Waals surface area contributed by atoms with Crippen molar-refractivity contribution in [3.63, 3.8) is 0 Å². The van der Waals surface area contributed by atoms with Crippen LogP contribution in [0.4, 0.5) is 0 Å². The highest BCUT2D eigenvalue weighted by Gasteiger charge is 2.13. The van der Waals surface area contributed by atoms with E-state index in [1.807, 2.05) is 0 Å². The Morgan fingerprint density at radius 3 is 1.50 bits per heavy atom. The molecule has 2 aliphatic heterocycles. The van der Waals surface area contributed by atoms with Gasteiger partial charge >= 0.3 is 0 Å². The van der Waals surface area contributed by atoms with Gasteiger partial charge in [0, 0.05) is 12.8 Å². The fourth-order valence-electron chi connectivity index (χ4n) is 3.14. The summed E-state index contributed by atoms with van der Waals surface area (Å²) in [6.07, 6.45) is 9.15. The minimum Gasteiger partial charge on any atom is -0.303 e. The molecule has 0 amide bonds. The van der Waals surface area contributed by atoms with E-state index in [-0.39, 0.29) is 0 Å². The molecule has 0 aliphatic carbocycles. The standard InChI is InChI=1S/C15H28N2O/c18-15(7-5-13-16-9-1-2-10-16)8-6-14-17-11-3-4-12-17/h1-14H2. The van der Waals surface area contributed by atoms with E-state index in [0.29, 0.717) is 5.78 Å². The molecule has 0 atom stereocenters. The summed E-state index contributed by atoms with van der Waals surface area (Å²) in [4.78, 5) is 16.7. The number of carbonyl (C=O) groups excluding carboxylic acids is 1. The summed E-state index contributed by atoms with van der Waals surface area (Å²) in [6, 6.07) is 0. The van der Waals surface area contributed by atoms with Crippen LogP contribution >= 0.6 is 0 Å². The van der Waals surface area contributed by atoms with Crippen LogP contribution in [0.15, 0.2) is 0 Å². The number of hydrogen-bond acceptors (Lipinski definition) is 3. The monoisotopic (exact) mass is 252 g/mol. The molecule has 18 heavy (non-hydrogen) atoms. The molecule has 3 heteroatoms. The predicted octanol–water partition coefficient (Wildman–Crippen LogP) is 2.31. The van der Waals surface area contributed by atoms with Crippen LogP contribution in [0.2, 0.25) is 0 Å². The van der Waals surface area contributed by atoms with Crippen molar-refractivity contribution < 1.29 is 4.79 Å². The molecule has 0 aromatic carbocycles. The van der Waals surface area contributed by atoms with Gasteiger partial charge in [-0.15, -0.1) is 0 Å². The molecule has 0 aromatic rings. The van der Waals surface area contributed by atoms with E-state index in [2.05, 4.69) is 9.80 Å². The van der Waals surface area contributed by atoms with E-state index in [9.17, 15) is 4.79 Å².